The molecule has 0 nitrogen and oxygen atoms in total. The molecular weight excluding hydrogens is 218 g/mol. The number of benzene rings is 1. The fourth-order valence-corrected chi connectivity index (χ4v) is 2.03. The summed E-state index contributed by atoms with van der Waals surface area (Å²) in [7, 11) is 0. The third-order valence-electron chi connectivity index (χ3n) is 2.09. The van der Waals surface area contributed by atoms with Crippen molar-refractivity contribution in [2.45, 2.75) is 32.6 Å². The normalized spacial score (nSPS) is 14.0. The lowest BCUT2D eigenvalue weighted by atomic mass is 9.88. The Morgan fingerprint density at radius 3 is 2.40 bits per heavy atom. The molecule has 1 rings (SSSR count). The van der Waals surface area contributed by atoms with Crippen molar-refractivity contribution in [2.24, 2.45) is 5.41 Å². The molecule has 0 amide bonds. The molecule has 0 aliphatic rings. The average molecular weight is 233 g/mol. The zero-order valence-corrected chi connectivity index (χ0v) is 9.91. The molecule has 0 saturated heterocycles. The van der Waals surface area contributed by atoms with Crippen LogP contribution in [-0.2, 0) is 0 Å². The first-order chi connectivity index (χ1) is 6.79. The van der Waals surface area contributed by atoms with Crippen LogP contribution in [0.2, 0.25) is 0 Å². The fourth-order valence-electron chi connectivity index (χ4n) is 1.40. The quantitative estimate of drug-likeness (QED) is 0.650. The van der Waals surface area contributed by atoms with Gasteiger partial charge in [-0.3, -0.25) is 0 Å². The summed E-state index contributed by atoms with van der Waals surface area (Å²) in [6.45, 7) is 6.04. The van der Waals surface area contributed by atoms with Crippen molar-refractivity contribution in [3.8, 4) is 0 Å². The number of hydrogen-bond acceptors (Lipinski definition) is 0. The molecule has 0 aromatic heterocycles. The molecule has 1 aromatic rings. The van der Waals surface area contributed by atoms with Gasteiger partial charge in [-0.1, -0.05) is 20.8 Å². The van der Waals surface area contributed by atoms with E-state index in [1.54, 1.807) is 0 Å². The SMILES string of the molecule is CC(C)(C)CC(Cl)c1cc(F)ccc1F. The van der Waals surface area contributed by atoms with Crippen LogP contribution < -0.4 is 0 Å². The van der Waals surface area contributed by atoms with Crippen molar-refractivity contribution in [3.05, 3.63) is 35.4 Å². The van der Waals surface area contributed by atoms with E-state index in [1.807, 2.05) is 20.8 Å². The summed E-state index contributed by atoms with van der Waals surface area (Å²) in [5.41, 5.74) is 0.233. The Morgan fingerprint density at radius 2 is 1.87 bits per heavy atom. The molecule has 0 heterocycles. The molecule has 1 unspecified atom stereocenters. The van der Waals surface area contributed by atoms with Crippen LogP contribution in [0.15, 0.2) is 18.2 Å². The average Bonchev–Trinajstić information content (AvgIpc) is 2.06. The van der Waals surface area contributed by atoms with Crippen LogP contribution in [0.4, 0.5) is 8.78 Å². The van der Waals surface area contributed by atoms with Gasteiger partial charge in [0.2, 0.25) is 0 Å². The van der Waals surface area contributed by atoms with E-state index in [9.17, 15) is 8.78 Å². The minimum atomic E-state index is -0.485. The van der Waals surface area contributed by atoms with Crippen LogP contribution in [0.25, 0.3) is 0 Å². The molecule has 0 fully saturated rings. The Balaban J connectivity index is 2.90. The third-order valence-corrected chi connectivity index (χ3v) is 2.48. The smallest absolute Gasteiger partial charge is 0.128 e. The summed E-state index contributed by atoms with van der Waals surface area (Å²) < 4.78 is 26.3. The number of halogens is 3. The lowest BCUT2D eigenvalue weighted by molar-refractivity contribution is 0.369. The van der Waals surface area contributed by atoms with Crippen molar-refractivity contribution < 1.29 is 8.78 Å². The highest BCUT2D eigenvalue weighted by atomic mass is 35.5. The van der Waals surface area contributed by atoms with Crippen molar-refractivity contribution >= 4 is 11.6 Å². The summed E-state index contributed by atoms with van der Waals surface area (Å²) in [5.74, 6) is -0.897. The minimum absolute atomic E-state index is 0.00876. The molecule has 0 saturated carbocycles. The minimum Gasteiger partial charge on any atom is -0.207 e. The van der Waals surface area contributed by atoms with Gasteiger partial charge in [0.05, 0.1) is 5.38 Å². The number of alkyl halides is 1. The van der Waals surface area contributed by atoms with Crippen LogP contribution in [0.5, 0.6) is 0 Å². The molecular formula is C12H15ClF2. The van der Waals surface area contributed by atoms with Crippen molar-refractivity contribution in [1.82, 2.24) is 0 Å². The highest BCUT2D eigenvalue weighted by Crippen LogP contribution is 2.35. The second kappa shape index (κ2) is 4.48. The molecule has 15 heavy (non-hydrogen) atoms. The maximum Gasteiger partial charge on any atom is 0.128 e. The van der Waals surface area contributed by atoms with Gasteiger partial charge >= 0.3 is 0 Å². The van der Waals surface area contributed by atoms with E-state index in [2.05, 4.69) is 0 Å². The number of rotatable bonds is 2. The Labute approximate surface area is 94.3 Å². The summed E-state index contributed by atoms with van der Waals surface area (Å²) in [6.07, 6.45) is 0.606. The molecule has 1 aromatic carbocycles. The number of hydrogen-bond donors (Lipinski definition) is 0. The van der Waals surface area contributed by atoms with E-state index < -0.39 is 17.0 Å². The monoisotopic (exact) mass is 232 g/mol. The molecule has 0 aliphatic heterocycles. The maximum absolute atomic E-state index is 13.3. The molecule has 3 heteroatoms. The van der Waals surface area contributed by atoms with E-state index in [4.69, 9.17) is 11.6 Å². The molecule has 0 radical (unpaired) electrons. The van der Waals surface area contributed by atoms with E-state index in [1.165, 1.54) is 6.07 Å². The lowest BCUT2D eigenvalue weighted by Crippen LogP contribution is -2.09. The van der Waals surface area contributed by atoms with E-state index in [0.717, 1.165) is 12.1 Å². The Hall–Kier alpha value is -0.630. The van der Waals surface area contributed by atoms with Crippen molar-refractivity contribution in [2.75, 3.05) is 0 Å². The van der Waals surface area contributed by atoms with Gasteiger partial charge in [-0.25, -0.2) is 8.78 Å². The Morgan fingerprint density at radius 1 is 1.27 bits per heavy atom. The summed E-state index contributed by atoms with van der Waals surface area (Å²) in [4.78, 5) is 0. The molecule has 0 bridgehead atoms. The third kappa shape index (κ3) is 3.78. The van der Waals surface area contributed by atoms with Gasteiger partial charge in [0.25, 0.3) is 0 Å². The first kappa shape index (κ1) is 12.4. The van der Waals surface area contributed by atoms with Crippen LogP contribution in [0, 0.1) is 17.0 Å². The molecule has 0 spiro atoms. The zero-order chi connectivity index (χ0) is 11.6. The first-order valence-corrected chi connectivity index (χ1v) is 5.32. The predicted octanol–water partition coefficient (Wildman–Crippen LogP) is 4.68. The lowest BCUT2D eigenvalue weighted by Gasteiger charge is -2.22. The summed E-state index contributed by atoms with van der Waals surface area (Å²) in [5, 5.41) is -0.485. The standard InChI is InChI=1S/C12H15ClF2/c1-12(2,3)7-10(13)9-6-8(14)4-5-11(9)15/h4-6,10H,7H2,1-3H3. The van der Waals surface area contributed by atoms with Gasteiger partial charge in [-0.15, -0.1) is 11.6 Å². The summed E-state index contributed by atoms with van der Waals surface area (Å²) >= 11 is 6.06. The van der Waals surface area contributed by atoms with Crippen LogP contribution in [-0.4, -0.2) is 0 Å². The van der Waals surface area contributed by atoms with Gasteiger partial charge in [-0.05, 0) is 30.0 Å². The van der Waals surface area contributed by atoms with Gasteiger partial charge in [0.1, 0.15) is 11.6 Å². The van der Waals surface area contributed by atoms with Crippen LogP contribution in [0.3, 0.4) is 0 Å². The molecule has 0 N–H and O–H groups in total. The Kier molecular flexibility index (Phi) is 3.72. The highest BCUT2D eigenvalue weighted by Gasteiger charge is 2.21. The van der Waals surface area contributed by atoms with Gasteiger partial charge in [0, 0.05) is 5.56 Å². The maximum atomic E-state index is 13.3. The summed E-state index contributed by atoms with van der Waals surface area (Å²) in [6, 6.07) is 3.38. The van der Waals surface area contributed by atoms with E-state index >= 15 is 0 Å². The fraction of sp³-hybridized carbons (Fsp3) is 0.500. The molecule has 84 valence electrons. The predicted molar refractivity (Wildman–Crippen MR) is 59.0 cm³/mol. The van der Waals surface area contributed by atoms with Crippen molar-refractivity contribution in [3.63, 3.8) is 0 Å². The van der Waals surface area contributed by atoms with E-state index in [-0.39, 0.29) is 11.0 Å². The van der Waals surface area contributed by atoms with Gasteiger partial charge in [-0.2, -0.15) is 0 Å². The Bertz CT molecular complexity index is 342. The van der Waals surface area contributed by atoms with Crippen LogP contribution in [0.1, 0.15) is 38.1 Å². The molecule has 1 atom stereocenters. The topological polar surface area (TPSA) is 0 Å². The first-order valence-electron chi connectivity index (χ1n) is 4.88. The van der Waals surface area contributed by atoms with Gasteiger partial charge in [0.15, 0.2) is 0 Å². The highest BCUT2D eigenvalue weighted by molar-refractivity contribution is 6.20. The second-order valence-corrected chi connectivity index (χ2v) is 5.42. The van der Waals surface area contributed by atoms with Gasteiger partial charge < -0.3 is 0 Å². The van der Waals surface area contributed by atoms with E-state index in [0.29, 0.717) is 6.42 Å². The van der Waals surface area contributed by atoms with Crippen molar-refractivity contribution in [1.29, 1.82) is 0 Å². The second-order valence-electron chi connectivity index (χ2n) is 4.90. The molecule has 0 aliphatic carbocycles. The van der Waals surface area contributed by atoms with Crippen LogP contribution >= 0.6 is 11.6 Å². The zero-order valence-electron chi connectivity index (χ0n) is 9.15. The largest absolute Gasteiger partial charge is 0.207 e.